The summed E-state index contributed by atoms with van der Waals surface area (Å²) < 4.78 is 13.7. The number of anilines is 1. The third-order valence-corrected chi connectivity index (χ3v) is 3.56. The van der Waals surface area contributed by atoms with Crippen LogP contribution in [-0.4, -0.2) is 43.8 Å². The lowest BCUT2D eigenvalue weighted by molar-refractivity contribution is 0.271. The molecule has 0 spiro atoms. The van der Waals surface area contributed by atoms with Gasteiger partial charge in [-0.05, 0) is 19.2 Å². The molecule has 0 saturated carbocycles. The van der Waals surface area contributed by atoms with Gasteiger partial charge in [-0.15, -0.1) is 0 Å². The fourth-order valence-corrected chi connectivity index (χ4v) is 2.66. The van der Waals surface area contributed by atoms with Crippen molar-refractivity contribution in [2.75, 3.05) is 31.6 Å². The second-order valence-corrected chi connectivity index (χ2v) is 4.76. The van der Waals surface area contributed by atoms with Crippen LogP contribution in [0.3, 0.4) is 0 Å². The number of nitrogens with zero attached hydrogens (tertiary/aromatic N) is 3. The Kier molecular flexibility index (Phi) is 2.59. The van der Waals surface area contributed by atoms with Crippen LogP contribution in [0.2, 0.25) is 0 Å². The van der Waals surface area contributed by atoms with Crippen LogP contribution in [0, 0.1) is 5.82 Å². The van der Waals surface area contributed by atoms with Gasteiger partial charge in [0, 0.05) is 38.3 Å². The van der Waals surface area contributed by atoms with Gasteiger partial charge in [0.05, 0.1) is 5.69 Å². The molecule has 3 rings (SSSR count). The van der Waals surface area contributed by atoms with Crippen LogP contribution in [0.1, 0.15) is 6.42 Å². The van der Waals surface area contributed by atoms with Crippen LogP contribution < -0.4 is 4.90 Å². The molecule has 0 bridgehead atoms. The zero-order chi connectivity index (χ0) is 11.8. The number of para-hydroxylation sites is 1. The van der Waals surface area contributed by atoms with Crippen molar-refractivity contribution < 1.29 is 4.39 Å². The maximum Gasteiger partial charge on any atom is 0.150 e. The Morgan fingerprint density at radius 2 is 2.24 bits per heavy atom. The van der Waals surface area contributed by atoms with Crippen molar-refractivity contribution in [1.29, 1.82) is 0 Å². The van der Waals surface area contributed by atoms with Gasteiger partial charge in [0.2, 0.25) is 0 Å². The lowest BCUT2D eigenvalue weighted by Gasteiger charge is -2.40. The average molecular weight is 233 g/mol. The number of piperazine rings is 1. The standard InChI is InChI=1S/C13H16FN3/c1-16-7-8-17-10(9-16)5-6-15-13-11(14)3-2-4-12(13)17/h2-4,6,10H,5,7-9H2,1H3. The van der Waals surface area contributed by atoms with Crippen LogP contribution in [0.4, 0.5) is 15.8 Å². The molecule has 4 heteroatoms. The predicted molar refractivity (Wildman–Crippen MR) is 67.8 cm³/mol. The van der Waals surface area contributed by atoms with Crippen molar-refractivity contribution in [1.82, 2.24) is 4.90 Å². The number of halogens is 1. The van der Waals surface area contributed by atoms with Crippen molar-refractivity contribution in [3.8, 4) is 0 Å². The summed E-state index contributed by atoms with van der Waals surface area (Å²) in [5, 5.41) is 0. The number of fused-ring (bicyclic) bond motifs is 3. The summed E-state index contributed by atoms with van der Waals surface area (Å²) in [6.07, 6.45) is 2.74. The van der Waals surface area contributed by atoms with Crippen molar-refractivity contribution >= 4 is 17.6 Å². The van der Waals surface area contributed by atoms with Gasteiger partial charge in [-0.1, -0.05) is 6.07 Å². The lowest BCUT2D eigenvalue weighted by atomic mass is 10.1. The molecule has 1 saturated heterocycles. The molecule has 1 atom stereocenters. The van der Waals surface area contributed by atoms with Crippen LogP contribution in [0.25, 0.3) is 0 Å². The van der Waals surface area contributed by atoms with E-state index in [0.717, 1.165) is 31.7 Å². The first kappa shape index (κ1) is 10.7. The van der Waals surface area contributed by atoms with E-state index in [-0.39, 0.29) is 5.82 Å². The normalized spacial score (nSPS) is 24.1. The third kappa shape index (κ3) is 1.82. The monoisotopic (exact) mass is 233 g/mol. The van der Waals surface area contributed by atoms with E-state index in [1.54, 1.807) is 6.07 Å². The number of likely N-dealkylation sites (N-methyl/N-ethyl adjacent to an activating group) is 1. The van der Waals surface area contributed by atoms with Crippen LogP contribution in [-0.2, 0) is 0 Å². The SMILES string of the molecule is CN1CCN2c3cccc(F)c3N=CCC2C1. The number of benzene rings is 1. The lowest BCUT2D eigenvalue weighted by Crippen LogP contribution is -2.51. The molecule has 1 fully saturated rings. The highest BCUT2D eigenvalue weighted by atomic mass is 19.1. The van der Waals surface area contributed by atoms with Crippen molar-refractivity contribution in [3.05, 3.63) is 24.0 Å². The van der Waals surface area contributed by atoms with E-state index in [1.165, 1.54) is 6.07 Å². The maximum absolute atomic E-state index is 13.7. The number of aliphatic imine (C=N–C) groups is 1. The molecule has 0 radical (unpaired) electrons. The summed E-state index contributed by atoms with van der Waals surface area (Å²) in [4.78, 5) is 8.89. The van der Waals surface area contributed by atoms with Gasteiger partial charge >= 0.3 is 0 Å². The highest BCUT2D eigenvalue weighted by molar-refractivity contribution is 5.77. The first-order chi connectivity index (χ1) is 8.25. The van der Waals surface area contributed by atoms with E-state index in [2.05, 4.69) is 21.8 Å². The fraction of sp³-hybridized carbons (Fsp3) is 0.462. The summed E-state index contributed by atoms with van der Waals surface area (Å²) in [7, 11) is 2.13. The Morgan fingerprint density at radius 3 is 3.12 bits per heavy atom. The Morgan fingerprint density at radius 1 is 1.35 bits per heavy atom. The van der Waals surface area contributed by atoms with Gasteiger partial charge in [-0.2, -0.15) is 0 Å². The molecule has 17 heavy (non-hydrogen) atoms. The molecule has 1 aromatic rings. The Balaban J connectivity index is 2.04. The molecule has 1 unspecified atom stereocenters. The zero-order valence-corrected chi connectivity index (χ0v) is 9.93. The minimum absolute atomic E-state index is 0.224. The number of hydrogen-bond acceptors (Lipinski definition) is 3. The molecule has 0 aliphatic carbocycles. The van der Waals surface area contributed by atoms with Gasteiger partial charge in [0.15, 0.2) is 5.82 Å². The molecule has 2 heterocycles. The third-order valence-electron chi connectivity index (χ3n) is 3.56. The van der Waals surface area contributed by atoms with Crippen LogP contribution in [0.15, 0.2) is 23.2 Å². The molecule has 2 aliphatic rings. The topological polar surface area (TPSA) is 18.8 Å². The molecular weight excluding hydrogens is 217 g/mol. The zero-order valence-electron chi connectivity index (χ0n) is 9.93. The molecule has 1 aromatic carbocycles. The summed E-state index contributed by atoms with van der Waals surface area (Å²) >= 11 is 0. The summed E-state index contributed by atoms with van der Waals surface area (Å²) in [6, 6.07) is 5.64. The largest absolute Gasteiger partial charge is 0.364 e. The molecule has 0 N–H and O–H groups in total. The second kappa shape index (κ2) is 4.11. The molecular formula is C13H16FN3. The minimum Gasteiger partial charge on any atom is -0.364 e. The number of rotatable bonds is 0. The van der Waals surface area contributed by atoms with Crippen LogP contribution in [0.5, 0.6) is 0 Å². The van der Waals surface area contributed by atoms with E-state index < -0.39 is 0 Å². The van der Waals surface area contributed by atoms with Crippen LogP contribution >= 0.6 is 0 Å². The Bertz CT molecular complexity index is 458. The van der Waals surface area contributed by atoms with E-state index in [4.69, 9.17) is 0 Å². The molecule has 90 valence electrons. The maximum atomic E-state index is 13.7. The fourth-order valence-electron chi connectivity index (χ4n) is 2.66. The van der Waals surface area contributed by atoms with Crippen molar-refractivity contribution in [3.63, 3.8) is 0 Å². The van der Waals surface area contributed by atoms with Crippen molar-refractivity contribution in [2.24, 2.45) is 4.99 Å². The number of hydrogen-bond donors (Lipinski definition) is 0. The van der Waals surface area contributed by atoms with E-state index in [9.17, 15) is 4.39 Å². The minimum atomic E-state index is -0.224. The Labute approximate surface area is 101 Å². The van der Waals surface area contributed by atoms with Gasteiger partial charge < -0.3 is 9.80 Å². The van der Waals surface area contributed by atoms with Gasteiger partial charge in [-0.25, -0.2) is 4.39 Å². The van der Waals surface area contributed by atoms with E-state index >= 15 is 0 Å². The van der Waals surface area contributed by atoms with E-state index in [1.807, 2.05) is 12.3 Å². The average Bonchev–Trinajstić information content (AvgIpc) is 2.49. The smallest absolute Gasteiger partial charge is 0.150 e. The highest BCUT2D eigenvalue weighted by Gasteiger charge is 2.28. The predicted octanol–water partition coefficient (Wildman–Crippen LogP) is 2.05. The summed E-state index contributed by atoms with van der Waals surface area (Å²) in [6.45, 7) is 2.98. The first-order valence-corrected chi connectivity index (χ1v) is 6.02. The Hall–Kier alpha value is -1.42. The molecule has 3 nitrogen and oxygen atoms in total. The van der Waals surface area contributed by atoms with E-state index in [0.29, 0.717) is 11.7 Å². The second-order valence-electron chi connectivity index (χ2n) is 4.76. The summed E-state index contributed by atoms with van der Waals surface area (Å²) in [5.41, 5.74) is 1.44. The quantitative estimate of drug-likeness (QED) is 0.683. The molecule has 0 aromatic heterocycles. The highest BCUT2D eigenvalue weighted by Crippen LogP contribution is 2.35. The van der Waals surface area contributed by atoms with Crippen molar-refractivity contribution in [2.45, 2.75) is 12.5 Å². The first-order valence-electron chi connectivity index (χ1n) is 6.02. The van der Waals surface area contributed by atoms with Gasteiger partial charge in [-0.3, -0.25) is 4.99 Å². The van der Waals surface area contributed by atoms with Gasteiger partial charge in [0.1, 0.15) is 5.69 Å². The molecule has 0 amide bonds. The summed E-state index contributed by atoms with van der Waals surface area (Å²) in [5.74, 6) is -0.224. The molecule has 2 aliphatic heterocycles. The van der Waals surface area contributed by atoms with Gasteiger partial charge in [0.25, 0.3) is 0 Å².